The van der Waals surface area contributed by atoms with Crippen LogP contribution in [0.5, 0.6) is 0 Å². The van der Waals surface area contributed by atoms with Crippen LogP contribution in [0.1, 0.15) is 20.3 Å². The fraction of sp³-hybridized carbons (Fsp3) is 0.353. The van der Waals surface area contributed by atoms with Crippen molar-refractivity contribution in [2.45, 2.75) is 26.4 Å². The van der Waals surface area contributed by atoms with Gasteiger partial charge in [-0.05, 0) is 49.6 Å². The summed E-state index contributed by atoms with van der Waals surface area (Å²) >= 11 is 0. The first-order valence-corrected chi connectivity index (χ1v) is 7.61. The Bertz CT molecular complexity index is 641. The average Bonchev–Trinajstić information content (AvgIpc) is 3.01. The van der Waals surface area contributed by atoms with Crippen molar-refractivity contribution in [3.8, 4) is 5.69 Å². The number of amides is 2. The van der Waals surface area contributed by atoms with Crippen molar-refractivity contribution in [1.82, 2.24) is 9.88 Å². The van der Waals surface area contributed by atoms with Gasteiger partial charge in [0, 0.05) is 24.6 Å². The van der Waals surface area contributed by atoms with Crippen LogP contribution in [0, 0.1) is 11.7 Å². The van der Waals surface area contributed by atoms with Crippen molar-refractivity contribution < 1.29 is 14.3 Å². The zero-order chi connectivity index (χ0) is 16.8. The highest BCUT2D eigenvalue weighted by atomic mass is 19.1. The van der Waals surface area contributed by atoms with Gasteiger partial charge in [0.2, 0.25) is 0 Å². The lowest BCUT2D eigenvalue weighted by atomic mass is 10.1. The van der Waals surface area contributed by atoms with Crippen LogP contribution in [0.3, 0.4) is 0 Å². The van der Waals surface area contributed by atoms with E-state index >= 15 is 0 Å². The number of urea groups is 1. The standard InChI is InChI=1S/C17H22FN3O2/c1-12(9-13(2)22)11-19-17(23)20-16-10-14(5-6-15(16)18)21-7-3-4-8-21/h3-8,10,12-13,22H,9,11H2,1-2H3,(H2,19,20,23). The summed E-state index contributed by atoms with van der Waals surface area (Å²) in [6, 6.07) is 7.81. The first-order valence-electron chi connectivity index (χ1n) is 7.61. The maximum Gasteiger partial charge on any atom is 0.319 e. The third-order valence-corrected chi connectivity index (χ3v) is 3.46. The lowest BCUT2D eigenvalue weighted by Crippen LogP contribution is -2.33. The molecule has 2 unspecified atom stereocenters. The Hall–Kier alpha value is -2.34. The molecule has 3 N–H and O–H groups in total. The molecule has 1 aromatic heterocycles. The van der Waals surface area contributed by atoms with Crippen molar-refractivity contribution in [3.63, 3.8) is 0 Å². The molecule has 6 heteroatoms. The predicted molar refractivity (Wildman–Crippen MR) is 88.2 cm³/mol. The topological polar surface area (TPSA) is 66.3 Å². The van der Waals surface area contributed by atoms with Gasteiger partial charge in [0.05, 0.1) is 11.8 Å². The maximum absolute atomic E-state index is 13.9. The second-order valence-electron chi connectivity index (χ2n) is 5.78. The number of anilines is 1. The summed E-state index contributed by atoms with van der Waals surface area (Å²) in [5.41, 5.74) is 0.881. The summed E-state index contributed by atoms with van der Waals surface area (Å²) in [4.78, 5) is 11.9. The molecule has 0 aliphatic heterocycles. The molecule has 0 spiro atoms. The Kier molecular flexibility index (Phi) is 5.76. The predicted octanol–water partition coefficient (Wildman–Crippen LogP) is 3.14. The number of halogens is 1. The molecule has 0 bridgehead atoms. The first-order chi connectivity index (χ1) is 11.0. The van der Waals surface area contributed by atoms with Gasteiger partial charge in [-0.2, -0.15) is 0 Å². The number of aliphatic hydroxyl groups is 1. The SMILES string of the molecule is CC(O)CC(C)CNC(=O)Nc1cc(-n2cccc2)ccc1F. The normalized spacial score (nSPS) is 13.4. The van der Waals surface area contributed by atoms with Crippen molar-refractivity contribution in [2.24, 2.45) is 5.92 Å². The van der Waals surface area contributed by atoms with E-state index in [0.717, 1.165) is 5.69 Å². The Morgan fingerprint density at radius 2 is 2.00 bits per heavy atom. The number of nitrogens with one attached hydrogen (secondary N) is 2. The minimum atomic E-state index is -0.493. The van der Waals surface area contributed by atoms with Crippen molar-refractivity contribution in [2.75, 3.05) is 11.9 Å². The Morgan fingerprint density at radius 1 is 1.30 bits per heavy atom. The van der Waals surface area contributed by atoms with E-state index in [2.05, 4.69) is 10.6 Å². The molecule has 2 aromatic rings. The molecule has 5 nitrogen and oxygen atoms in total. The maximum atomic E-state index is 13.9. The lowest BCUT2D eigenvalue weighted by Gasteiger charge is -2.15. The van der Waals surface area contributed by atoms with E-state index in [4.69, 9.17) is 0 Å². The summed E-state index contributed by atoms with van der Waals surface area (Å²) in [7, 11) is 0. The van der Waals surface area contributed by atoms with Gasteiger partial charge in [0.1, 0.15) is 5.82 Å². The van der Waals surface area contributed by atoms with E-state index in [-0.39, 0.29) is 11.6 Å². The summed E-state index contributed by atoms with van der Waals surface area (Å²) in [5.74, 6) is -0.357. The molecule has 0 saturated carbocycles. The van der Waals surface area contributed by atoms with E-state index in [9.17, 15) is 14.3 Å². The zero-order valence-corrected chi connectivity index (χ0v) is 13.3. The first kappa shape index (κ1) is 17.0. The number of carbonyl (C=O) groups excluding carboxylic acids is 1. The molecule has 0 saturated heterocycles. The van der Waals surface area contributed by atoms with Crippen molar-refractivity contribution in [3.05, 3.63) is 48.5 Å². The summed E-state index contributed by atoms with van der Waals surface area (Å²) in [6.45, 7) is 4.05. The molecule has 0 aliphatic carbocycles. The fourth-order valence-electron chi connectivity index (χ4n) is 2.38. The molecule has 0 aliphatic rings. The fourth-order valence-corrected chi connectivity index (χ4v) is 2.38. The van der Waals surface area contributed by atoms with Crippen LogP contribution in [0.15, 0.2) is 42.7 Å². The summed E-state index contributed by atoms with van der Waals surface area (Å²) in [6.07, 6.45) is 3.87. The van der Waals surface area contributed by atoms with Crippen LogP contribution in [0.25, 0.3) is 5.69 Å². The number of aliphatic hydroxyl groups excluding tert-OH is 1. The van der Waals surface area contributed by atoms with Gasteiger partial charge in [0.15, 0.2) is 0 Å². The molecule has 1 aromatic carbocycles. The van der Waals surface area contributed by atoms with Gasteiger partial charge in [-0.3, -0.25) is 0 Å². The second-order valence-corrected chi connectivity index (χ2v) is 5.78. The van der Waals surface area contributed by atoms with E-state index in [1.165, 1.54) is 6.07 Å². The largest absolute Gasteiger partial charge is 0.393 e. The average molecular weight is 319 g/mol. The minimum absolute atomic E-state index is 0.122. The number of aromatic nitrogens is 1. The van der Waals surface area contributed by atoms with Crippen LogP contribution in [-0.4, -0.2) is 28.4 Å². The van der Waals surface area contributed by atoms with Crippen molar-refractivity contribution >= 4 is 11.7 Å². The number of carbonyl (C=O) groups is 1. The summed E-state index contributed by atoms with van der Waals surface area (Å²) in [5, 5.41) is 14.5. The third-order valence-electron chi connectivity index (χ3n) is 3.46. The highest BCUT2D eigenvalue weighted by Gasteiger charge is 2.11. The Morgan fingerprint density at radius 3 is 2.65 bits per heavy atom. The van der Waals surface area contributed by atoms with E-state index in [1.807, 2.05) is 36.0 Å². The number of nitrogens with zero attached hydrogens (tertiary/aromatic N) is 1. The Balaban J connectivity index is 1.96. The van der Waals surface area contributed by atoms with Crippen LogP contribution in [-0.2, 0) is 0 Å². The van der Waals surface area contributed by atoms with Gasteiger partial charge < -0.3 is 20.3 Å². The quantitative estimate of drug-likeness (QED) is 0.766. The van der Waals surface area contributed by atoms with E-state index in [0.29, 0.717) is 13.0 Å². The highest BCUT2D eigenvalue weighted by molar-refractivity contribution is 5.89. The molecule has 2 amide bonds. The Labute approximate surface area is 135 Å². The van der Waals surface area contributed by atoms with Crippen LogP contribution < -0.4 is 10.6 Å². The van der Waals surface area contributed by atoms with Crippen molar-refractivity contribution in [1.29, 1.82) is 0 Å². The molecule has 0 fully saturated rings. The highest BCUT2D eigenvalue weighted by Crippen LogP contribution is 2.19. The molecule has 0 radical (unpaired) electrons. The number of benzene rings is 1. The van der Waals surface area contributed by atoms with Gasteiger partial charge in [-0.1, -0.05) is 6.92 Å². The molecular weight excluding hydrogens is 297 g/mol. The van der Waals surface area contributed by atoms with Gasteiger partial charge >= 0.3 is 6.03 Å². The number of hydrogen-bond acceptors (Lipinski definition) is 2. The van der Waals surface area contributed by atoms with Gasteiger partial charge in [0.25, 0.3) is 0 Å². The monoisotopic (exact) mass is 319 g/mol. The zero-order valence-electron chi connectivity index (χ0n) is 13.3. The van der Waals surface area contributed by atoms with Crippen LogP contribution in [0.4, 0.5) is 14.9 Å². The van der Waals surface area contributed by atoms with E-state index < -0.39 is 18.0 Å². The molecular formula is C17H22FN3O2. The summed E-state index contributed by atoms with van der Waals surface area (Å²) < 4.78 is 15.7. The molecule has 2 rings (SSSR count). The minimum Gasteiger partial charge on any atom is -0.393 e. The molecule has 23 heavy (non-hydrogen) atoms. The lowest BCUT2D eigenvalue weighted by molar-refractivity contribution is 0.163. The molecule has 2 atom stereocenters. The molecule has 1 heterocycles. The van der Waals surface area contributed by atoms with Gasteiger partial charge in [-0.15, -0.1) is 0 Å². The second kappa shape index (κ2) is 7.78. The number of rotatable bonds is 6. The van der Waals surface area contributed by atoms with Gasteiger partial charge in [-0.25, -0.2) is 9.18 Å². The number of hydrogen-bond donors (Lipinski definition) is 3. The molecule has 124 valence electrons. The third kappa shape index (κ3) is 5.10. The van der Waals surface area contributed by atoms with E-state index in [1.54, 1.807) is 19.1 Å². The van der Waals surface area contributed by atoms with Crippen LogP contribution >= 0.6 is 0 Å². The smallest absolute Gasteiger partial charge is 0.319 e. The van der Waals surface area contributed by atoms with Crippen LogP contribution in [0.2, 0.25) is 0 Å².